The third-order valence-corrected chi connectivity index (χ3v) is 7.12. The summed E-state index contributed by atoms with van der Waals surface area (Å²) in [5.41, 5.74) is 7.39. The molecule has 11 heteroatoms. The molecule has 0 radical (unpaired) electrons. The monoisotopic (exact) mass is 527 g/mol. The average molecular weight is 528 g/mol. The summed E-state index contributed by atoms with van der Waals surface area (Å²) in [6, 6.07) is 16.5. The molecule has 11 nitrogen and oxygen atoms in total. The number of aromatic nitrogens is 4. The summed E-state index contributed by atoms with van der Waals surface area (Å²) in [7, 11) is 0. The van der Waals surface area contributed by atoms with E-state index in [1.165, 1.54) is 22.0 Å². The molecular weight excluding hydrogens is 498 g/mol. The van der Waals surface area contributed by atoms with Gasteiger partial charge < -0.3 is 20.6 Å². The molecule has 200 valence electrons. The molecule has 2 aromatic carbocycles. The molecule has 1 saturated carbocycles. The van der Waals surface area contributed by atoms with E-state index >= 15 is 0 Å². The first-order chi connectivity index (χ1) is 19.0. The number of benzene rings is 2. The summed E-state index contributed by atoms with van der Waals surface area (Å²) >= 11 is 0. The second-order valence-electron chi connectivity index (χ2n) is 9.81. The maximum atomic E-state index is 13.8. The van der Waals surface area contributed by atoms with Crippen molar-refractivity contribution < 1.29 is 14.7 Å². The fourth-order valence-electron chi connectivity index (χ4n) is 4.97. The van der Waals surface area contributed by atoms with Crippen LogP contribution in [0.5, 0.6) is 11.5 Å². The van der Waals surface area contributed by atoms with E-state index in [0.717, 1.165) is 12.8 Å². The van der Waals surface area contributed by atoms with Crippen molar-refractivity contribution >= 4 is 22.9 Å². The van der Waals surface area contributed by atoms with Crippen LogP contribution in [0.2, 0.25) is 0 Å². The minimum atomic E-state index is -0.302. The number of amides is 1. The molecule has 3 heterocycles. The number of carbonyl (C=O) groups excluding carboxylic acids is 1. The van der Waals surface area contributed by atoms with Gasteiger partial charge in [-0.2, -0.15) is 5.06 Å². The zero-order valence-electron chi connectivity index (χ0n) is 21.3. The van der Waals surface area contributed by atoms with Crippen molar-refractivity contribution in [2.45, 2.75) is 31.3 Å². The van der Waals surface area contributed by atoms with Gasteiger partial charge in [-0.05, 0) is 55.7 Å². The van der Waals surface area contributed by atoms with Crippen LogP contribution < -0.4 is 16.2 Å². The Kier molecular flexibility index (Phi) is 6.59. The first-order valence-electron chi connectivity index (χ1n) is 13.0. The van der Waals surface area contributed by atoms with Crippen molar-refractivity contribution in [1.82, 2.24) is 29.1 Å². The van der Waals surface area contributed by atoms with Gasteiger partial charge in [-0.3, -0.25) is 13.9 Å². The predicted molar refractivity (Wildman–Crippen MR) is 145 cm³/mol. The third kappa shape index (κ3) is 5.01. The van der Waals surface area contributed by atoms with E-state index in [4.69, 9.17) is 10.5 Å². The number of carbonyl (C=O) groups is 1. The molecule has 3 N–H and O–H groups in total. The zero-order chi connectivity index (χ0) is 26.9. The number of para-hydroxylation sites is 1. The molecular formula is C28H29N7O4. The summed E-state index contributed by atoms with van der Waals surface area (Å²) in [5.74, 6) is 1.38. The summed E-state index contributed by atoms with van der Waals surface area (Å²) in [6.07, 6.45) is 7.06. The van der Waals surface area contributed by atoms with Gasteiger partial charge in [0.15, 0.2) is 11.5 Å². The molecule has 39 heavy (non-hydrogen) atoms. The highest BCUT2D eigenvalue weighted by Crippen LogP contribution is 2.29. The standard InChI is InChI=1S/C28H29N7O4/c29-26-25-27(31-18-30-26)35(21-14-16-32(17-21)24(36)7-4-15-33(38)19-8-9-19)28(37)34(25)20-10-12-23(13-11-20)39-22-5-2-1-3-6-22/h1-7,10-13,18-19,21,38H,8-9,14-17H2,(H2,29,30,31)/b7-4+/t21-/m1/s1. The minimum Gasteiger partial charge on any atom is -0.457 e. The van der Waals surface area contributed by atoms with Gasteiger partial charge in [0.05, 0.1) is 11.7 Å². The number of nitrogens with two attached hydrogens (primary N) is 1. The number of fused-ring (bicyclic) bond motifs is 1. The highest BCUT2D eigenvalue weighted by molar-refractivity contribution is 5.88. The van der Waals surface area contributed by atoms with Crippen LogP contribution >= 0.6 is 0 Å². The first kappa shape index (κ1) is 24.8. The number of ether oxygens (including phenoxy) is 1. The Balaban J connectivity index is 1.25. The molecule has 1 aliphatic heterocycles. The van der Waals surface area contributed by atoms with E-state index < -0.39 is 0 Å². The summed E-state index contributed by atoms with van der Waals surface area (Å²) in [5, 5.41) is 11.1. The maximum Gasteiger partial charge on any atom is 0.335 e. The lowest BCUT2D eigenvalue weighted by molar-refractivity contribution is -0.125. The third-order valence-electron chi connectivity index (χ3n) is 7.12. The van der Waals surface area contributed by atoms with Crippen molar-refractivity contribution in [2.75, 3.05) is 25.4 Å². The Hall–Kier alpha value is -4.48. The van der Waals surface area contributed by atoms with Gasteiger partial charge in [-0.1, -0.05) is 24.3 Å². The Morgan fingerprint density at radius 1 is 1.08 bits per heavy atom. The van der Waals surface area contributed by atoms with Crippen LogP contribution in [-0.2, 0) is 4.79 Å². The summed E-state index contributed by atoms with van der Waals surface area (Å²) < 4.78 is 9.01. The van der Waals surface area contributed by atoms with Crippen LogP contribution in [0, 0.1) is 0 Å². The molecule has 1 amide bonds. The molecule has 0 unspecified atom stereocenters. The molecule has 0 bridgehead atoms. The Morgan fingerprint density at radius 3 is 2.56 bits per heavy atom. The Bertz CT molecular complexity index is 1580. The quantitative estimate of drug-likeness (QED) is 0.264. The number of rotatable bonds is 8. The van der Waals surface area contributed by atoms with Crippen molar-refractivity contribution in [3.8, 4) is 17.2 Å². The molecule has 1 atom stereocenters. The van der Waals surface area contributed by atoms with Gasteiger partial charge in [-0.25, -0.2) is 14.8 Å². The number of hydrogen-bond acceptors (Lipinski definition) is 8. The van der Waals surface area contributed by atoms with E-state index in [9.17, 15) is 14.8 Å². The first-order valence-corrected chi connectivity index (χ1v) is 13.0. The average Bonchev–Trinajstić information content (AvgIpc) is 3.61. The highest BCUT2D eigenvalue weighted by atomic mass is 16.5. The van der Waals surface area contributed by atoms with Gasteiger partial charge in [0, 0.05) is 31.8 Å². The molecule has 1 saturated heterocycles. The number of nitrogens with zero attached hydrogens (tertiary/aromatic N) is 6. The maximum absolute atomic E-state index is 13.8. The van der Waals surface area contributed by atoms with E-state index in [0.29, 0.717) is 54.4 Å². The number of hydroxylamine groups is 2. The number of likely N-dealkylation sites (tertiary alicyclic amines) is 1. The normalized spacial score (nSPS) is 17.5. The van der Waals surface area contributed by atoms with Gasteiger partial charge in [0.2, 0.25) is 5.91 Å². The Morgan fingerprint density at radius 2 is 1.82 bits per heavy atom. The second-order valence-corrected chi connectivity index (χ2v) is 9.81. The topological polar surface area (TPSA) is 132 Å². The zero-order valence-corrected chi connectivity index (χ0v) is 21.3. The van der Waals surface area contributed by atoms with Crippen LogP contribution in [-0.4, -0.2) is 65.9 Å². The van der Waals surface area contributed by atoms with Crippen molar-refractivity contribution in [1.29, 1.82) is 0 Å². The van der Waals surface area contributed by atoms with E-state index in [1.807, 2.05) is 30.3 Å². The van der Waals surface area contributed by atoms with E-state index in [2.05, 4.69) is 9.97 Å². The molecule has 6 rings (SSSR count). The lowest BCUT2D eigenvalue weighted by Crippen LogP contribution is -2.31. The van der Waals surface area contributed by atoms with Crippen LogP contribution in [0.25, 0.3) is 16.9 Å². The van der Waals surface area contributed by atoms with Crippen LogP contribution in [0.15, 0.2) is 77.9 Å². The van der Waals surface area contributed by atoms with Gasteiger partial charge in [0.1, 0.15) is 23.3 Å². The molecule has 2 fully saturated rings. The summed E-state index contributed by atoms with van der Waals surface area (Å²) in [4.78, 5) is 36.8. The number of anilines is 1. The van der Waals surface area contributed by atoms with Crippen molar-refractivity contribution in [3.05, 3.63) is 83.6 Å². The largest absolute Gasteiger partial charge is 0.457 e. The molecule has 1 aliphatic carbocycles. The smallest absolute Gasteiger partial charge is 0.335 e. The van der Waals surface area contributed by atoms with Crippen molar-refractivity contribution in [3.63, 3.8) is 0 Å². The second kappa shape index (κ2) is 10.4. The molecule has 2 aromatic heterocycles. The van der Waals surface area contributed by atoms with E-state index in [1.54, 1.807) is 39.8 Å². The Labute approximate surface area is 224 Å². The highest BCUT2D eigenvalue weighted by Gasteiger charge is 2.31. The lowest BCUT2D eigenvalue weighted by atomic mass is 10.2. The fraction of sp³-hybridized carbons (Fsp3) is 0.286. The van der Waals surface area contributed by atoms with Gasteiger partial charge in [0.25, 0.3) is 0 Å². The lowest BCUT2D eigenvalue weighted by Gasteiger charge is -2.15. The number of hydrogen-bond donors (Lipinski definition) is 2. The van der Waals surface area contributed by atoms with Gasteiger partial charge in [-0.15, -0.1) is 0 Å². The SMILES string of the molecule is Nc1ncnc2c1n(-c1ccc(Oc3ccccc3)cc1)c(=O)n2[C@@H]1CCN(C(=O)/C=C/CN(O)C2CC2)C1. The van der Waals surface area contributed by atoms with E-state index in [-0.39, 0.29) is 29.5 Å². The molecule has 4 aromatic rings. The molecule has 0 spiro atoms. The fourth-order valence-corrected chi connectivity index (χ4v) is 4.97. The van der Waals surface area contributed by atoms with Crippen LogP contribution in [0.1, 0.15) is 25.3 Å². The van der Waals surface area contributed by atoms with Crippen LogP contribution in [0.3, 0.4) is 0 Å². The minimum absolute atomic E-state index is 0.151. The predicted octanol–water partition coefficient (Wildman–Crippen LogP) is 3.14. The van der Waals surface area contributed by atoms with Crippen molar-refractivity contribution in [2.24, 2.45) is 0 Å². The van der Waals surface area contributed by atoms with Gasteiger partial charge >= 0.3 is 5.69 Å². The van der Waals surface area contributed by atoms with Crippen LogP contribution in [0.4, 0.5) is 5.82 Å². The summed E-state index contributed by atoms with van der Waals surface area (Å²) in [6.45, 7) is 1.18. The number of nitrogen functional groups attached to an aromatic ring is 1. The molecule has 2 aliphatic rings. The number of imidazole rings is 1.